The largest absolute Gasteiger partial charge is 0.506 e. The first-order valence-corrected chi connectivity index (χ1v) is 5.14. The SMILES string of the molecule is CN=Cc1nc(NCCN(C)C)ccc1O. The highest BCUT2D eigenvalue weighted by Crippen LogP contribution is 2.15. The standard InChI is InChI=1S/C11H18N4O/c1-12-8-9-10(16)4-5-11(14-9)13-6-7-15(2)3/h4-5,8,16H,6-7H2,1-3H3,(H,13,14). The molecule has 0 atom stereocenters. The molecule has 0 aromatic carbocycles. The summed E-state index contributed by atoms with van der Waals surface area (Å²) in [6.07, 6.45) is 1.53. The van der Waals surface area contributed by atoms with Crippen LogP contribution in [-0.2, 0) is 0 Å². The van der Waals surface area contributed by atoms with Crippen molar-refractivity contribution in [3.05, 3.63) is 17.8 Å². The van der Waals surface area contributed by atoms with Crippen molar-refractivity contribution in [2.75, 3.05) is 39.5 Å². The summed E-state index contributed by atoms with van der Waals surface area (Å²) in [5.41, 5.74) is 0.484. The Morgan fingerprint density at radius 2 is 2.25 bits per heavy atom. The molecule has 0 saturated heterocycles. The Bertz CT molecular complexity index is 363. The topological polar surface area (TPSA) is 60.8 Å². The third-order valence-corrected chi connectivity index (χ3v) is 2.02. The van der Waals surface area contributed by atoms with Crippen LogP contribution in [0, 0.1) is 0 Å². The van der Waals surface area contributed by atoms with Crippen molar-refractivity contribution in [3.63, 3.8) is 0 Å². The van der Waals surface area contributed by atoms with Gasteiger partial charge in [-0.25, -0.2) is 4.98 Å². The quantitative estimate of drug-likeness (QED) is 0.724. The lowest BCUT2D eigenvalue weighted by atomic mass is 10.3. The van der Waals surface area contributed by atoms with Gasteiger partial charge in [-0.2, -0.15) is 0 Å². The van der Waals surface area contributed by atoms with Gasteiger partial charge in [0.05, 0.1) is 6.21 Å². The number of likely N-dealkylation sites (N-methyl/N-ethyl adjacent to an activating group) is 1. The molecule has 88 valence electrons. The maximum Gasteiger partial charge on any atom is 0.142 e. The molecular formula is C11H18N4O. The molecule has 1 aromatic heterocycles. The van der Waals surface area contributed by atoms with E-state index < -0.39 is 0 Å². The molecule has 0 fully saturated rings. The van der Waals surface area contributed by atoms with Crippen LogP contribution in [-0.4, -0.2) is 55.4 Å². The minimum atomic E-state index is 0.142. The Kier molecular flexibility index (Phi) is 4.72. The highest BCUT2D eigenvalue weighted by Gasteiger charge is 2.01. The van der Waals surface area contributed by atoms with Crippen molar-refractivity contribution in [3.8, 4) is 5.75 Å². The summed E-state index contributed by atoms with van der Waals surface area (Å²) in [5, 5.41) is 12.7. The van der Waals surface area contributed by atoms with Crippen LogP contribution in [0.3, 0.4) is 0 Å². The van der Waals surface area contributed by atoms with E-state index in [1.807, 2.05) is 14.1 Å². The number of nitrogens with one attached hydrogen (secondary N) is 1. The fourth-order valence-electron chi connectivity index (χ4n) is 1.19. The summed E-state index contributed by atoms with van der Waals surface area (Å²) in [6, 6.07) is 3.36. The van der Waals surface area contributed by atoms with E-state index in [0.29, 0.717) is 5.69 Å². The number of rotatable bonds is 5. The molecule has 0 spiro atoms. The molecule has 5 heteroatoms. The van der Waals surface area contributed by atoms with Crippen molar-refractivity contribution in [1.82, 2.24) is 9.88 Å². The van der Waals surface area contributed by atoms with Gasteiger partial charge < -0.3 is 15.3 Å². The van der Waals surface area contributed by atoms with Crippen LogP contribution >= 0.6 is 0 Å². The third-order valence-electron chi connectivity index (χ3n) is 2.02. The zero-order valence-corrected chi connectivity index (χ0v) is 9.94. The first kappa shape index (κ1) is 12.4. The summed E-state index contributed by atoms with van der Waals surface area (Å²) in [5.74, 6) is 0.887. The number of anilines is 1. The number of aliphatic imine (C=N–C) groups is 1. The van der Waals surface area contributed by atoms with Gasteiger partial charge in [-0.15, -0.1) is 0 Å². The van der Waals surface area contributed by atoms with Gasteiger partial charge in [0.15, 0.2) is 0 Å². The van der Waals surface area contributed by atoms with Gasteiger partial charge in [0, 0.05) is 20.1 Å². The maximum absolute atomic E-state index is 9.49. The molecule has 1 aromatic rings. The Balaban J connectivity index is 2.64. The minimum Gasteiger partial charge on any atom is -0.506 e. The van der Waals surface area contributed by atoms with Crippen molar-refractivity contribution in [2.24, 2.45) is 4.99 Å². The summed E-state index contributed by atoms with van der Waals surface area (Å²) >= 11 is 0. The molecule has 2 N–H and O–H groups in total. The summed E-state index contributed by atoms with van der Waals surface area (Å²) < 4.78 is 0. The molecule has 0 saturated carbocycles. The predicted octanol–water partition coefficient (Wildman–Crippen LogP) is 0.809. The van der Waals surface area contributed by atoms with E-state index in [1.165, 1.54) is 6.21 Å². The number of aromatic hydroxyl groups is 1. The second-order valence-corrected chi connectivity index (χ2v) is 3.72. The molecule has 1 heterocycles. The maximum atomic E-state index is 9.49. The molecule has 0 aliphatic carbocycles. The Morgan fingerprint density at radius 1 is 1.50 bits per heavy atom. The van der Waals surface area contributed by atoms with E-state index in [-0.39, 0.29) is 5.75 Å². The van der Waals surface area contributed by atoms with Crippen molar-refractivity contribution in [2.45, 2.75) is 0 Å². The average molecular weight is 222 g/mol. The van der Waals surface area contributed by atoms with Crippen LogP contribution in [0.25, 0.3) is 0 Å². The van der Waals surface area contributed by atoms with Crippen LogP contribution in [0.15, 0.2) is 17.1 Å². The van der Waals surface area contributed by atoms with Gasteiger partial charge in [-0.05, 0) is 26.2 Å². The fourth-order valence-corrected chi connectivity index (χ4v) is 1.19. The van der Waals surface area contributed by atoms with E-state index in [4.69, 9.17) is 0 Å². The van der Waals surface area contributed by atoms with Gasteiger partial charge in [-0.3, -0.25) is 4.99 Å². The molecule has 0 bridgehead atoms. The van der Waals surface area contributed by atoms with Crippen molar-refractivity contribution < 1.29 is 5.11 Å². The normalized spacial score (nSPS) is 11.2. The number of pyridine rings is 1. The summed E-state index contributed by atoms with van der Waals surface area (Å²) in [4.78, 5) is 10.1. The zero-order chi connectivity index (χ0) is 12.0. The van der Waals surface area contributed by atoms with Gasteiger partial charge >= 0.3 is 0 Å². The summed E-state index contributed by atoms with van der Waals surface area (Å²) in [6.45, 7) is 1.74. The van der Waals surface area contributed by atoms with E-state index in [0.717, 1.165) is 18.9 Å². The lowest BCUT2D eigenvalue weighted by Crippen LogP contribution is -2.21. The third kappa shape index (κ3) is 3.86. The Morgan fingerprint density at radius 3 is 2.88 bits per heavy atom. The highest BCUT2D eigenvalue weighted by molar-refractivity contribution is 5.81. The lowest BCUT2D eigenvalue weighted by molar-refractivity contribution is 0.425. The van der Waals surface area contributed by atoms with E-state index in [2.05, 4.69) is 20.2 Å². The Labute approximate surface area is 95.8 Å². The van der Waals surface area contributed by atoms with Gasteiger partial charge in [0.1, 0.15) is 17.3 Å². The lowest BCUT2D eigenvalue weighted by Gasteiger charge is -2.11. The molecule has 0 unspecified atom stereocenters. The van der Waals surface area contributed by atoms with Gasteiger partial charge in [0.25, 0.3) is 0 Å². The van der Waals surface area contributed by atoms with Crippen LogP contribution < -0.4 is 5.32 Å². The predicted molar refractivity (Wildman–Crippen MR) is 66.5 cm³/mol. The first-order valence-electron chi connectivity index (χ1n) is 5.14. The summed E-state index contributed by atoms with van der Waals surface area (Å²) in [7, 11) is 5.68. The monoisotopic (exact) mass is 222 g/mol. The fraction of sp³-hybridized carbons (Fsp3) is 0.455. The Hall–Kier alpha value is -1.62. The van der Waals surface area contributed by atoms with Crippen LogP contribution in [0.2, 0.25) is 0 Å². The second-order valence-electron chi connectivity index (χ2n) is 3.72. The van der Waals surface area contributed by atoms with Crippen LogP contribution in [0.4, 0.5) is 5.82 Å². The molecule has 16 heavy (non-hydrogen) atoms. The van der Waals surface area contributed by atoms with Gasteiger partial charge in [-0.1, -0.05) is 0 Å². The number of hydrogen-bond donors (Lipinski definition) is 2. The molecule has 0 aliphatic rings. The van der Waals surface area contributed by atoms with Crippen molar-refractivity contribution >= 4 is 12.0 Å². The number of hydrogen-bond acceptors (Lipinski definition) is 5. The minimum absolute atomic E-state index is 0.142. The van der Waals surface area contributed by atoms with E-state index >= 15 is 0 Å². The van der Waals surface area contributed by atoms with Crippen molar-refractivity contribution in [1.29, 1.82) is 0 Å². The van der Waals surface area contributed by atoms with E-state index in [1.54, 1.807) is 19.2 Å². The second kappa shape index (κ2) is 6.07. The molecule has 0 radical (unpaired) electrons. The average Bonchev–Trinajstić information content (AvgIpc) is 2.22. The zero-order valence-electron chi connectivity index (χ0n) is 9.94. The smallest absolute Gasteiger partial charge is 0.142 e. The highest BCUT2D eigenvalue weighted by atomic mass is 16.3. The molecule has 0 amide bonds. The molecule has 1 rings (SSSR count). The first-order chi connectivity index (χ1) is 7.63. The van der Waals surface area contributed by atoms with Crippen LogP contribution in [0.1, 0.15) is 5.69 Å². The molecule has 0 aliphatic heterocycles. The molecular weight excluding hydrogens is 204 g/mol. The number of aromatic nitrogens is 1. The number of nitrogens with zero attached hydrogens (tertiary/aromatic N) is 3. The molecule has 5 nitrogen and oxygen atoms in total. The van der Waals surface area contributed by atoms with Crippen LogP contribution in [0.5, 0.6) is 5.75 Å². The van der Waals surface area contributed by atoms with Gasteiger partial charge in [0.2, 0.25) is 0 Å². The van der Waals surface area contributed by atoms with E-state index in [9.17, 15) is 5.11 Å².